The van der Waals surface area contributed by atoms with Gasteiger partial charge < -0.3 is 24.4 Å². The number of hydrogen-bond acceptors (Lipinski definition) is 5. The van der Waals surface area contributed by atoms with E-state index in [2.05, 4.69) is 5.32 Å². The SMILES string of the molecule is COc1cc(/C=C/C(=O)Nc2ccc(N3CCOCC3)c(F)c2)ccc1OC(C)C. The minimum atomic E-state index is -0.371. The van der Waals surface area contributed by atoms with Crippen LogP contribution >= 0.6 is 0 Å². The van der Waals surface area contributed by atoms with Gasteiger partial charge in [-0.25, -0.2) is 4.39 Å². The Balaban J connectivity index is 1.63. The first-order valence-corrected chi connectivity index (χ1v) is 9.92. The van der Waals surface area contributed by atoms with Gasteiger partial charge in [0.1, 0.15) is 5.82 Å². The van der Waals surface area contributed by atoms with Crippen molar-refractivity contribution >= 4 is 23.4 Å². The minimum absolute atomic E-state index is 0.0288. The molecule has 0 saturated carbocycles. The summed E-state index contributed by atoms with van der Waals surface area (Å²) in [7, 11) is 1.57. The quantitative estimate of drug-likeness (QED) is 0.691. The summed E-state index contributed by atoms with van der Waals surface area (Å²) in [6.45, 7) is 6.34. The Bertz CT molecular complexity index is 908. The summed E-state index contributed by atoms with van der Waals surface area (Å²) in [4.78, 5) is 14.2. The van der Waals surface area contributed by atoms with E-state index in [1.165, 1.54) is 12.1 Å². The van der Waals surface area contributed by atoms with Crippen molar-refractivity contribution in [3.63, 3.8) is 0 Å². The van der Waals surface area contributed by atoms with E-state index in [-0.39, 0.29) is 17.8 Å². The van der Waals surface area contributed by atoms with E-state index in [0.29, 0.717) is 49.2 Å². The molecule has 1 amide bonds. The zero-order valence-corrected chi connectivity index (χ0v) is 17.5. The number of benzene rings is 2. The van der Waals surface area contributed by atoms with E-state index in [0.717, 1.165) is 5.56 Å². The highest BCUT2D eigenvalue weighted by molar-refractivity contribution is 6.02. The molecule has 1 fully saturated rings. The monoisotopic (exact) mass is 414 g/mol. The molecule has 3 rings (SSSR count). The summed E-state index contributed by atoms with van der Waals surface area (Å²) >= 11 is 0. The Hall–Kier alpha value is -3.06. The van der Waals surface area contributed by atoms with Gasteiger partial charge in [0.25, 0.3) is 0 Å². The first-order valence-electron chi connectivity index (χ1n) is 9.92. The van der Waals surface area contributed by atoms with Crippen LogP contribution in [0.1, 0.15) is 19.4 Å². The van der Waals surface area contributed by atoms with Crippen molar-refractivity contribution in [1.82, 2.24) is 0 Å². The van der Waals surface area contributed by atoms with E-state index in [9.17, 15) is 9.18 Å². The largest absolute Gasteiger partial charge is 0.493 e. The molecule has 0 radical (unpaired) electrons. The van der Waals surface area contributed by atoms with Crippen LogP contribution in [-0.2, 0) is 9.53 Å². The molecular formula is C23H27FN2O4. The maximum atomic E-state index is 14.5. The Morgan fingerprint density at radius 2 is 1.93 bits per heavy atom. The highest BCUT2D eigenvalue weighted by atomic mass is 19.1. The summed E-state index contributed by atoms with van der Waals surface area (Å²) < 4.78 is 30.8. The number of amides is 1. The van der Waals surface area contributed by atoms with Crippen LogP contribution in [-0.4, -0.2) is 45.4 Å². The van der Waals surface area contributed by atoms with Crippen LogP contribution in [0, 0.1) is 5.82 Å². The van der Waals surface area contributed by atoms with Gasteiger partial charge in [-0.15, -0.1) is 0 Å². The first kappa shape index (κ1) is 21.6. The number of nitrogens with zero attached hydrogens (tertiary/aromatic N) is 1. The average molecular weight is 414 g/mol. The molecule has 7 heteroatoms. The van der Waals surface area contributed by atoms with Crippen LogP contribution in [0.5, 0.6) is 11.5 Å². The van der Waals surface area contributed by atoms with Crippen molar-refractivity contribution < 1.29 is 23.4 Å². The van der Waals surface area contributed by atoms with E-state index in [1.54, 1.807) is 37.5 Å². The molecule has 1 aliphatic rings. The lowest BCUT2D eigenvalue weighted by Crippen LogP contribution is -2.36. The lowest BCUT2D eigenvalue weighted by atomic mass is 10.2. The highest BCUT2D eigenvalue weighted by Crippen LogP contribution is 2.29. The second-order valence-corrected chi connectivity index (χ2v) is 7.17. The molecule has 30 heavy (non-hydrogen) atoms. The molecule has 0 unspecified atom stereocenters. The maximum absolute atomic E-state index is 14.5. The van der Waals surface area contributed by atoms with Crippen molar-refractivity contribution in [2.24, 2.45) is 0 Å². The third-order valence-corrected chi connectivity index (χ3v) is 4.54. The van der Waals surface area contributed by atoms with Crippen LogP contribution in [0.25, 0.3) is 6.08 Å². The molecular weight excluding hydrogens is 387 g/mol. The van der Waals surface area contributed by atoms with Crippen molar-refractivity contribution in [3.8, 4) is 11.5 Å². The van der Waals surface area contributed by atoms with Crippen LogP contribution < -0.4 is 19.7 Å². The number of nitrogens with one attached hydrogen (secondary N) is 1. The fraction of sp³-hybridized carbons (Fsp3) is 0.348. The van der Waals surface area contributed by atoms with Gasteiger partial charge in [-0.2, -0.15) is 0 Å². The molecule has 1 heterocycles. The fourth-order valence-electron chi connectivity index (χ4n) is 3.14. The number of carbonyl (C=O) groups excluding carboxylic acids is 1. The lowest BCUT2D eigenvalue weighted by Gasteiger charge is -2.29. The second kappa shape index (κ2) is 10.1. The van der Waals surface area contributed by atoms with Gasteiger partial charge in [-0.05, 0) is 55.8 Å². The molecule has 1 saturated heterocycles. The van der Waals surface area contributed by atoms with Crippen LogP contribution in [0.3, 0.4) is 0 Å². The second-order valence-electron chi connectivity index (χ2n) is 7.17. The number of hydrogen-bond donors (Lipinski definition) is 1. The highest BCUT2D eigenvalue weighted by Gasteiger charge is 2.15. The molecule has 0 bridgehead atoms. The van der Waals surface area contributed by atoms with E-state index in [4.69, 9.17) is 14.2 Å². The molecule has 160 valence electrons. The topological polar surface area (TPSA) is 60.0 Å². The van der Waals surface area contributed by atoms with Crippen molar-refractivity contribution in [2.75, 3.05) is 43.6 Å². The summed E-state index contributed by atoms with van der Waals surface area (Å²) in [6.07, 6.45) is 3.09. The smallest absolute Gasteiger partial charge is 0.248 e. The van der Waals surface area contributed by atoms with E-state index < -0.39 is 0 Å². The molecule has 6 nitrogen and oxygen atoms in total. The molecule has 0 aromatic heterocycles. The molecule has 2 aromatic carbocycles. The van der Waals surface area contributed by atoms with Crippen LogP contribution in [0.2, 0.25) is 0 Å². The number of rotatable bonds is 7. The Labute approximate surface area is 176 Å². The van der Waals surface area contributed by atoms with Crippen molar-refractivity contribution in [2.45, 2.75) is 20.0 Å². The summed E-state index contributed by atoms with van der Waals surface area (Å²) in [5.41, 5.74) is 1.70. The van der Waals surface area contributed by atoms with E-state index >= 15 is 0 Å². The number of anilines is 2. The number of ether oxygens (including phenoxy) is 3. The number of methoxy groups -OCH3 is 1. The third kappa shape index (κ3) is 5.73. The van der Waals surface area contributed by atoms with Crippen LogP contribution in [0.15, 0.2) is 42.5 Å². The van der Waals surface area contributed by atoms with Crippen molar-refractivity contribution in [3.05, 3.63) is 53.9 Å². The number of morpholine rings is 1. The van der Waals surface area contributed by atoms with Gasteiger partial charge in [-0.1, -0.05) is 6.07 Å². The zero-order valence-electron chi connectivity index (χ0n) is 17.5. The third-order valence-electron chi connectivity index (χ3n) is 4.54. The number of carbonyl (C=O) groups is 1. The molecule has 1 N–H and O–H groups in total. The van der Waals surface area contributed by atoms with Gasteiger partial charge in [-0.3, -0.25) is 4.79 Å². The van der Waals surface area contributed by atoms with Gasteiger partial charge >= 0.3 is 0 Å². The zero-order chi connectivity index (χ0) is 21.5. The predicted octanol–water partition coefficient (Wildman–Crippen LogP) is 4.11. The number of halogens is 1. The molecule has 0 spiro atoms. The summed E-state index contributed by atoms with van der Waals surface area (Å²) in [5, 5.41) is 2.68. The first-order chi connectivity index (χ1) is 14.5. The Morgan fingerprint density at radius 3 is 2.60 bits per heavy atom. The summed E-state index contributed by atoms with van der Waals surface area (Å²) in [5.74, 6) is 0.510. The van der Waals surface area contributed by atoms with Gasteiger partial charge in [0, 0.05) is 24.9 Å². The van der Waals surface area contributed by atoms with Gasteiger partial charge in [0.2, 0.25) is 5.91 Å². The van der Waals surface area contributed by atoms with E-state index in [1.807, 2.05) is 24.8 Å². The molecule has 2 aromatic rings. The van der Waals surface area contributed by atoms with Crippen molar-refractivity contribution in [1.29, 1.82) is 0 Å². The Morgan fingerprint density at radius 1 is 1.17 bits per heavy atom. The Kier molecular flexibility index (Phi) is 7.30. The normalized spacial score (nSPS) is 14.2. The standard InChI is InChI=1S/C23H27FN2O4/c1-16(2)30-21-8-4-17(14-22(21)28-3)5-9-23(27)25-18-6-7-20(19(24)15-18)26-10-12-29-13-11-26/h4-9,14-16H,10-13H2,1-3H3,(H,25,27)/b9-5+. The average Bonchev–Trinajstić information content (AvgIpc) is 2.73. The molecule has 0 atom stereocenters. The molecule has 0 aliphatic carbocycles. The summed E-state index contributed by atoms with van der Waals surface area (Å²) in [6, 6.07) is 10.1. The maximum Gasteiger partial charge on any atom is 0.248 e. The minimum Gasteiger partial charge on any atom is -0.493 e. The van der Waals surface area contributed by atoms with Gasteiger partial charge in [0.05, 0.1) is 32.1 Å². The van der Waals surface area contributed by atoms with Crippen LogP contribution in [0.4, 0.5) is 15.8 Å². The lowest BCUT2D eigenvalue weighted by molar-refractivity contribution is -0.111. The van der Waals surface area contributed by atoms with Gasteiger partial charge in [0.15, 0.2) is 11.5 Å². The predicted molar refractivity (Wildman–Crippen MR) is 116 cm³/mol. The molecule has 1 aliphatic heterocycles. The fourth-order valence-corrected chi connectivity index (χ4v) is 3.14.